The monoisotopic (exact) mass is 456 g/mol. The molecule has 3 aromatic carbocycles. The van der Waals surface area contributed by atoms with Gasteiger partial charge < -0.3 is 14.4 Å². The summed E-state index contributed by atoms with van der Waals surface area (Å²) in [6.45, 7) is 1.30. The number of rotatable bonds is 7. The first-order chi connectivity index (χ1) is 16.6. The fourth-order valence-corrected chi connectivity index (χ4v) is 5.15. The van der Waals surface area contributed by atoms with E-state index < -0.39 is 11.6 Å². The van der Waals surface area contributed by atoms with Gasteiger partial charge in [-0.2, -0.15) is 0 Å². The Hall–Kier alpha value is -3.80. The normalized spacial score (nSPS) is 22.2. The van der Waals surface area contributed by atoms with Crippen LogP contribution in [0.15, 0.2) is 84.9 Å². The zero-order valence-corrected chi connectivity index (χ0v) is 19.2. The standard InChI is InChI=1S/C28H28N2O4/c1-33-24-14-12-22(13-15-24)19-29-17-16-28(26(29)31,18-21-8-4-2-5-9-21)30-25(20-34-27(30)32)23-10-6-3-7-11-23/h2-15,25H,16-20H2,1H3/t25-,28-/m1/s1. The van der Waals surface area contributed by atoms with Crippen LogP contribution in [0.2, 0.25) is 0 Å². The van der Waals surface area contributed by atoms with Crippen molar-refractivity contribution in [2.75, 3.05) is 20.3 Å². The van der Waals surface area contributed by atoms with Crippen molar-refractivity contribution in [1.29, 1.82) is 0 Å². The maximum atomic E-state index is 14.1. The smallest absolute Gasteiger partial charge is 0.411 e. The van der Waals surface area contributed by atoms with Crippen molar-refractivity contribution in [2.45, 2.75) is 31.0 Å². The lowest BCUT2D eigenvalue weighted by Crippen LogP contribution is -2.57. The minimum Gasteiger partial charge on any atom is -0.497 e. The van der Waals surface area contributed by atoms with E-state index in [1.54, 1.807) is 12.0 Å². The summed E-state index contributed by atoms with van der Waals surface area (Å²) < 4.78 is 10.8. The molecule has 2 aliphatic rings. The van der Waals surface area contributed by atoms with E-state index in [0.29, 0.717) is 25.9 Å². The predicted molar refractivity (Wildman–Crippen MR) is 128 cm³/mol. The zero-order chi connectivity index (χ0) is 23.5. The van der Waals surface area contributed by atoms with Crippen molar-refractivity contribution in [3.8, 4) is 5.75 Å². The van der Waals surface area contributed by atoms with Crippen LogP contribution in [0.3, 0.4) is 0 Å². The molecular formula is C28H28N2O4. The molecule has 0 radical (unpaired) electrons. The SMILES string of the molecule is COc1ccc(CN2CC[C@](Cc3ccccc3)(N3C(=O)OC[C@@H]3c3ccccc3)C2=O)cc1. The molecule has 6 nitrogen and oxygen atoms in total. The van der Waals surface area contributed by atoms with E-state index in [-0.39, 0.29) is 18.6 Å². The van der Waals surface area contributed by atoms with E-state index >= 15 is 0 Å². The third-order valence-corrected chi connectivity index (χ3v) is 6.87. The molecule has 0 spiro atoms. The van der Waals surface area contributed by atoms with Crippen LogP contribution >= 0.6 is 0 Å². The molecule has 0 aliphatic carbocycles. The van der Waals surface area contributed by atoms with Crippen molar-refractivity contribution < 1.29 is 19.1 Å². The van der Waals surface area contributed by atoms with Crippen molar-refractivity contribution >= 4 is 12.0 Å². The molecule has 0 saturated carbocycles. The van der Waals surface area contributed by atoms with Gasteiger partial charge in [-0.1, -0.05) is 72.8 Å². The van der Waals surface area contributed by atoms with Crippen LogP contribution in [0.25, 0.3) is 0 Å². The molecule has 2 atom stereocenters. The molecule has 34 heavy (non-hydrogen) atoms. The lowest BCUT2D eigenvalue weighted by Gasteiger charge is -2.39. The molecule has 0 N–H and O–H groups in total. The van der Waals surface area contributed by atoms with E-state index in [1.165, 1.54) is 0 Å². The van der Waals surface area contributed by atoms with Crippen LogP contribution in [0.4, 0.5) is 4.79 Å². The maximum absolute atomic E-state index is 14.1. The molecule has 2 aliphatic heterocycles. The van der Waals surface area contributed by atoms with E-state index in [4.69, 9.17) is 9.47 Å². The Morgan fingerprint density at radius 2 is 1.59 bits per heavy atom. The molecule has 5 rings (SSSR count). The van der Waals surface area contributed by atoms with Crippen LogP contribution in [0, 0.1) is 0 Å². The fraction of sp³-hybridized carbons (Fsp3) is 0.286. The van der Waals surface area contributed by atoms with Crippen LogP contribution in [0.1, 0.15) is 29.2 Å². The summed E-state index contributed by atoms with van der Waals surface area (Å²) in [6, 6.07) is 27.2. The average Bonchev–Trinajstić information content (AvgIpc) is 3.41. The maximum Gasteiger partial charge on any atom is 0.411 e. The Balaban J connectivity index is 1.50. The number of hydrogen-bond acceptors (Lipinski definition) is 4. The molecule has 0 bridgehead atoms. The quantitative estimate of drug-likeness (QED) is 0.521. The van der Waals surface area contributed by atoms with Crippen molar-refractivity contribution in [3.63, 3.8) is 0 Å². The van der Waals surface area contributed by atoms with Gasteiger partial charge in [0, 0.05) is 19.5 Å². The molecule has 2 amide bonds. The highest BCUT2D eigenvalue weighted by Gasteiger charge is 2.57. The van der Waals surface area contributed by atoms with E-state index in [1.807, 2.05) is 89.8 Å². The summed E-state index contributed by atoms with van der Waals surface area (Å²) in [6.07, 6.45) is 0.573. The Labute approximate surface area is 199 Å². The van der Waals surface area contributed by atoms with Gasteiger partial charge in [-0.15, -0.1) is 0 Å². The van der Waals surface area contributed by atoms with Crippen LogP contribution in [-0.2, 0) is 22.5 Å². The molecule has 0 unspecified atom stereocenters. The number of cyclic esters (lactones) is 1. The molecule has 2 saturated heterocycles. The number of ether oxygens (including phenoxy) is 2. The van der Waals surface area contributed by atoms with E-state index in [2.05, 4.69) is 0 Å². The highest BCUT2D eigenvalue weighted by Crippen LogP contribution is 2.42. The van der Waals surface area contributed by atoms with Crippen LogP contribution in [-0.4, -0.2) is 47.6 Å². The number of nitrogens with zero attached hydrogens (tertiary/aromatic N) is 2. The Kier molecular flexibility index (Phi) is 5.97. The average molecular weight is 457 g/mol. The third kappa shape index (κ3) is 4.00. The highest BCUT2D eigenvalue weighted by molar-refractivity contribution is 5.93. The largest absolute Gasteiger partial charge is 0.497 e. The highest BCUT2D eigenvalue weighted by atomic mass is 16.6. The minimum atomic E-state index is -0.998. The van der Waals surface area contributed by atoms with Gasteiger partial charge in [0.25, 0.3) is 0 Å². The summed E-state index contributed by atoms with van der Waals surface area (Å²) in [4.78, 5) is 30.8. The molecule has 174 valence electrons. The fourth-order valence-electron chi connectivity index (χ4n) is 5.15. The summed E-state index contributed by atoms with van der Waals surface area (Å²) in [7, 11) is 1.63. The first-order valence-corrected chi connectivity index (χ1v) is 11.6. The number of carbonyl (C=O) groups excluding carboxylic acids is 2. The van der Waals surface area contributed by atoms with Crippen LogP contribution < -0.4 is 4.74 Å². The van der Waals surface area contributed by atoms with Crippen molar-refractivity contribution in [1.82, 2.24) is 9.80 Å². The molecule has 6 heteroatoms. The second kappa shape index (κ2) is 9.21. The Morgan fingerprint density at radius 3 is 2.26 bits per heavy atom. The van der Waals surface area contributed by atoms with Crippen LogP contribution in [0.5, 0.6) is 5.75 Å². The summed E-state index contributed by atoms with van der Waals surface area (Å²) in [5, 5.41) is 0. The lowest BCUT2D eigenvalue weighted by atomic mass is 9.85. The Morgan fingerprint density at radius 1 is 0.912 bits per heavy atom. The second-order valence-corrected chi connectivity index (χ2v) is 8.89. The number of carbonyl (C=O) groups is 2. The van der Waals surface area contributed by atoms with Gasteiger partial charge in [0.05, 0.1) is 13.2 Å². The molecule has 2 heterocycles. The first kappa shape index (κ1) is 22.0. The summed E-state index contributed by atoms with van der Waals surface area (Å²) in [5.41, 5.74) is 2.02. The van der Waals surface area contributed by atoms with Gasteiger partial charge in [-0.3, -0.25) is 9.69 Å². The number of amides is 2. The number of benzene rings is 3. The predicted octanol–water partition coefficient (Wildman–Crippen LogP) is 4.60. The lowest BCUT2D eigenvalue weighted by molar-refractivity contribution is -0.137. The number of likely N-dealkylation sites (tertiary alicyclic amines) is 1. The van der Waals surface area contributed by atoms with Gasteiger partial charge in [0.2, 0.25) is 5.91 Å². The topological polar surface area (TPSA) is 59.1 Å². The van der Waals surface area contributed by atoms with Gasteiger partial charge in [0.1, 0.15) is 17.9 Å². The third-order valence-electron chi connectivity index (χ3n) is 6.87. The van der Waals surface area contributed by atoms with Gasteiger partial charge in [-0.25, -0.2) is 4.79 Å². The van der Waals surface area contributed by atoms with Crippen molar-refractivity contribution in [2.24, 2.45) is 0 Å². The van der Waals surface area contributed by atoms with Gasteiger partial charge in [0.15, 0.2) is 0 Å². The van der Waals surface area contributed by atoms with Gasteiger partial charge in [-0.05, 0) is 35.2 Å². The van der Waals surface area contributed by atoms with Gasteiger partial charge >= 0.3 is 6.09 Å². The summed E-state index contributed by atoms with van der Waals surface area (Å²) >= 11 is 0. The minimum absolute atomic E-state index is 0.0352. The Bertz CT molecular complexity index is 1150. The number of methoxy groups -OCH3 is 1. The molecule has 3 aromatic rings. The zero-order valence-electron chi connectivity index (χ0n) is 19.2. The first-order valence-electron chi connectivity index (χ1n) is 11.6. The van der Waals surface area contributed by atoms with Crippen molar-refractivity contribution in [3.05, 3.63) is 102 Å². The second-order valence-electron chi connectivity index (χ2n) is 8.89. The number of hydrogen-bond donors (Lipinski definition) is 0. The van der Waals surface area contributed by atoms with E-state index in [9.17, 15) is 9.59 Å². The molecular weight excluding hydrogens is 428 g/mol. The molecule has 0 aromatic heterocycles. The summed E-state index contributed by atoms with van der Waals surface area (Å²) in [5.74, 6) is 0.743. The molecule has 2 fully saturated rings. The van der Waals surface area contributed by atoms with E-state index in [0.717, 1.165) is 22.4 Å².